The number of fused-ring (bicyclic) bond motifs is 1. The molecule has 0 radical (unpaired) electrons. The lowest BCUT2D eigenvalue weighted by Crippen LogP contribution is -2.46. The number of benzene rings is 2. The van der Waals surface area contributed by atoms with Gasteiger partial charge in [0, 0.05) is 45.5 Å². The van der Waals surface area contributed by atoms with Gasteiger partial charge in [0.25, 0.3) is 0 Å². The van der Waals surface area contributed by atoms with Crippen LogP contribution in [0.25, 0.3) is 0 Å². The molecule has 1 fully saturated rings. The molecule has 31 heavy (non-hydrogen) atoms. The Balaban J connectivity index is 1.29. The molecular formula is C25H30N4O2. The number of piperazine rings is 1. The van der Waals surface area contributed by atoms with Crippen molar-refractivity contribution in [2.45, 2.75) is 25.4 Å². The molecule has 0 bridgehead atoms. The van der Waals surface area contributed by atoms with Gasteiger partial charge in [-0.1, -0.05) is 18.2 Å². The van der Waals surface area contributed by atoms with E-state index in [1.165, 1.54) is 16.8 Å². The second-order valence-corrected chi connectivity index (χ2v) is 8.27. The number of likely N-dealkylation sites (N-methyl/N-ethyl adjacent to an activating group) is 1. The molecule has 0 spiro atoms. The molecule has 162 valence electrons. The van der Waals surface area contributed by atoms with E-state index in [1.54, 1.807) is 7.05 Å². The van der Waals surface area contributed by atoms with Crippen LogP contribution in [-0.4, -0.2) is 57.2 Å². The lowest BCUT2D eigenvalue weighted by molar-refractivity contribution is -0.119. The predicted molar refractivity (Wildman–Crippen MR) is 121 cm³/mol. The van der Waals surface area contributed by atoms with Gasteiger partial charge in [0.1, 0.15) is 0 Å². The molecule has 2 aliphatic rings. The molecule has 4 rings (SSSR count). The van der Waals surface area contributed by atoms with Crippen molar-refractivity contribution in [1.29, 1.82) is 5.26 Å². The smallest absolute Gasteiger partial charge is 0.224 e. The Morgan fingerprint density at radius 1 is 1.16 bits per heavy atom. The fourth-order valence-electron chi connectivity index (χ4n) is 4.49. The van der Waals surface area contributed by atoms with E-state index < -0.39 is 0 Å². The van der Waals surface area contributed by atoms with E-state index in [9.17, 15) is 4.79 Å². The number of carbonyl (C=O) groups excluding carboxylic acids is 1. The van der Waals surface area contributed by atoms with Crippen LogP contribution < -0.4 is 10.2 Å². The lowest BCUT2D eigenvalue weighted by atomic mass is 9.93. The van der Waals surface area contributed by atoms with Gasteiger partial charge in [-0.25, -0.2) is 0 Å². The molecule has 0 aromatic heterocycles. The average molecular weight is 419 g/mol. The molecule has 1 amide bonds. The fourth-order valence-corrected chi connectivity index (χ4v) is 4.49. The lowest BCUT2D eigenvalue weighted by Gasteiger charge is -2.37. The molecule has 1 atom stereocenters. The van der Waals surface area contributed by atoms with Gasteiger partial charge in [-0.2, -0.15) is 5.26 Å². The largest absolute Gasteiger partial charge is 0.373 e. The van der Waals surface area contributed by atoms with Crippen LogP contribution in [-0.2, 0) is 22.4 Å². The topological polar surface area (TPSA) is 68.6 Å². The zero-order valence-corrected chi connectivity index (χ0v) is 18.1. The van der Waals surface area contributed by atoms with Gasteiger partial charge in [0.05, 0.1) is 30.8 Å². The molecule has 0 aliphatic carbocycles. The van der Waals surface area contributed by atoms with Gasteiger partial charge in [0.2, 0.25) is 5.91 Å². The highest BCUT2D eigenvalue weighted by Crippen LogP contribution is 2.31. The van der Waals surface area contributed by atoms with Crippen molar-refractivity contribution in [1.82, 2.24) is 10.2 Å². The van der Waals surface area contributed by atoms with Gasteiger partial charge < -0.3 is 15.0 Å². The molecule has 2 aromatic rings. The van der Waals surface area contributed by atoms with Gasteiger partial charge in [-0.15, -0.1) is 0 Å². The first kappa shape index (κ1) is 21.4. The highest BCUT2D eigenvalue weighted by atomic mass is 16.5. The summed E-state index contributed by atoms with van der Waals surface area (Å²) < 4.78 is 6.11. The summed E-state index contributed by atoms with van der Waals surface area (Å²) >= 11 is 0. The highest BCUT2D eigenvalue weighted by molar-refractivity contribution is 5.78. The molecule has 2 aliphatic heterocycles. The number of carbonyl (C=O) groups is 1. The second kappa shape index (κ2) is 9.95. The summed E-state index contributed by atoms with van der Waals surface area (Å²) in [5.74, 6) is 0.0451. The Morgan fingerprint density at radius 2 is 1.94 bits per heavy atom. The maximum atomic E-state index is 11.7. The molecule has 6 heteroatoms. The molecule has 6 nitrogen and oxygen atoms in total. The van der Waals surface area contributed by atoms with Gasteiger partial charge >= 0.3 is 0 Å². The first-order chi connectivity index (χ1) is 15.2. The third-order valence-electron chi connectivity index (χ3n) is 6.33. The van der Waals surface area contributed by atoms with Crippen LogP contribution in [0.2, 0.25) is 0 Å². The summed E-state index contributed by atoms with van der Waals surface area (Å²) in [6, 6.07) is 16.4. The quantitative estimate of drug-likeness (QED) is 0.781. The van der Waals surface area contributed by atoms with Gasteiger partial charge in [-0.3, -0.25) is 9.69 Å². The van der Waals surface area contributed by atoms with E-state index >= 15 is 0 Å². The van der Waals surface area contributed by atoms with E-state index in [-0.39, 0.29) is 12.0 Å². The van der Waals surface area contributed by atoms with Crippen molar-refractivity contribution >= 4 is 11.6 Å². The molecule has 0 saturated carbocycles. The molecule has 0 unspecified atom stereocenters. The van der Waals surface area contributed by atoms with Gasteiger partial charge in [0.15, 0.2) is 0 Å². The Kier molecular flexibility index (Phi) is 6.86. The van der Waals surface area contributed by atoms with Crippen molar-refractivity contribution in [3.63, 3.8) is 0 Å². The Bertz CT molecular complexity index is 943. The number of nitrogens with zero attached hydrogens (tertiary/aromatic N) is 3. The highest BCUT2D eigenvalue weighted by Gasteiger charge is 2.23. The second-order valence-electron chi connectivity index (χ2n) is 8.27. The van der Waals surface area contributed by atoms with E-state index in [4.69, 9.17) is 10.00 Å². The monoisotopic (exact) mass is 418 g/mol. The normalized spacial score (nSPS) is 18.8. The van der Waals surface area contributed by atoms with E-state index in [0.29, 0.717) is 12.0 Å². The summed E-state index contributed by atoms with van der Waals surface area (Å²) in [6.45, 7) is 5.82. The molecule has 2 heterocycles. The van der Waals surface area contributed by atoms with Crippen LogP contribution >= 0.6 is 0 Å². The van der Waals surface area contributed by atoms with Crippen molar-refractivity contribution in [3.05, 3.63) is 64.7 Å². The molecular weight excluding hydrogens is 388 g/mol. The van der Waals surface area contributed by atoms with Crippen LogP contribution in [0, 0.1) is 11.3 Å². The van der Waals surface area contributed by atoms with Crippen LogP contribution in [0.4, 0.5) is 5.69 Å². The minimum Gasteiger partial charge on any atom is -0.373 e. The third kappa shape index (κ3) is 5.25. The fraction of sp³-hybridized carbons (Fsp3) is 0.440. The van der Waals surface area contributed by atoms with Crippen LogP contribution in [0.1, 0.15) is 34.8 Å². The van der Waals surface area contributed by atoms with Crippen molar-refractivity contribution < 1.29 is 9.53 Å². The summed E-state index contributed by atoms with van der Waals surface area (Å²) in [6.07, 6.45) is 2.46. The predicted octanol–water partition coefficient (Wildman–Crippen LogP) is 2.67. The van der Waals surface area contributed by atoms with Crippen molar-refractivity contribution in [2.75, 3.05) is 51.3 Å². The number of hydrogen-bond acceptors (Lipinski definition) is 5. The summed E-state index contributed by atoms with van der Waals surface area (Å²) in [5.41, 5.74) is 5.57. The number of nitrogens with one attached hydrogen (secondary N) is 1. The Hall–Kier alpha value is -2.88. The first-order valence-corrected chi connectivity index (χ1v) is 11.1. The Morgan fingerprint density at radius 3 is 2.65 bits per heavy atom. The number of rotatable bonds is 6. The van der Waals surface area contributed by atoms with Crippen LogP contribution in [0.15, 0.2) is 42.5 Å². The SMILES string of the molecule is CNC(=O)Cc1ccc2c(c1)CCO[C@H]2CCN1CCN(c2ccc(C#N)cc2)CC1. The Labute approximate surface area is 184 Å². The number of nitriles is 1. The van der Waals surface area contributed by atoms with E-state index in [2.05, 4.69) is 39.4 Å². The minimum atomic E-state index is 0.0451. The third-order valence-corrected chi connectivity index (χ3v) is 6.33. The van der Waals surface area contributed by atoms with Crippen molar-refractivity contribution in [2.24, 2.45) is 0 Å². The average Bonchev–Trinajstić information content (AvgIpc) is 2.83. The zero-order chi connectivity index (χ0) is 21.6. The molecule has 2 aromatic carbocycles. The number of amides is 1. The maximum Gasteiger partial charge on any atom is 0.224 e. The summed E-state index contributed by atoms with van der Waals surface area (Å²) in [7, 11) is 1.68. The van der Waals surface area contributed by atoms with Gasteiger partial charge in [-0.05, 0) is 53.8 Å². The van der Waals surface area contributed by atoms with Crippen molar-refractivity contribution in [3.8, 4) is 6.07 Å². The maximum absolute atomic E-state index is 11.7. The zero-order valence-electron chi connectivity index (χ0n) is 18.1. The van der Waals surface area contributed by atoms with E-state index in [1.807, 2.05) is 24.3 Å². The molecule has 1 N–H and O–H groups in total. The number of anilines is 1. The summed E-state index contributed by atoms with van der Waals surface area (Å²) in [4.78, 5) is 16.6. The summed E-state index contributed by atoms with van der Waals surface area (Å²) in [5, 5.41) is 11.7. The number of hydrogen-bond donors (Lipinski definition) is 1. The number of ether oxygens (including phenoxy) is 1. The van der Waals surface area contributed by atoms with E-state index in [0.717, 1.165) is 57.7 Å². The standard InChI is InChI=1S/C25H30N4O2/c1-27-25(30)17-20-4-7-23-21(16-20)9-15-31-24(23)8-10-28-11-13-29(14-12-28)22-5-2-19(18-26)3-6-22/h2-7,16,24H,8-15,17H2,1H3,(H,27,30)/t24-/m0/s1. The van der Waals surface area contributed by atoms with Crippen LogP contribution in [0.3, 0.4) is 0 Å². The molecule has 1 saturated heterocycles. The first-order valence-electron chi connectivity index (χ1n) is 11.1. The van der Waals surface area contributed by atoms with Crippen LogP contribution in [0.5, 0.6) is 0 Å². The minimum absolute atomic E-state index is 0.0451.